The van der Waals surface area contributed by atoms with Crippen LogP contribution < -0.4 is 4.57 Å². The summed E-state index contributed by atoms with van der Waals surface area (Å²) >= 11 is 0. The first-order chi connectivity index (χ1) is 16.1. The van der Waals surface area contributed by atoms with Gasteiger partial charge >= 0.3 is 0 Å². The molecule has 3 aliphatic rings. The third-order valence-corrected chi connectivity index (χ3v) is 9.30. The van der Waals surface area contributed by atoms with Crippen molar-refractivity contribution in [2.24, 2.45) is 5.92 Å². The van der Waals surface area contributed by atoms with Gasteiger partial charge in [-0.3, -0.25) is 0 Å². The Bertz CT molecular complexity index is 1170. The smallest absolute Gasteiger partial charge is 0.196 e. The number of aromatic nitrogens is 2. The molecule has 1 unspecified atom stereocenters. The van der Waals surface area contributed by atoms with Crippen LogP contribution >= 0.6 is 0 Å². The lowest BCUT2D eigenvalue weighted by atomic mass is 9.65. The van der Waals surface area contributed by atoms with E-state index in [9.17, 15) is 0 Å². The van der Waals surface area contributed by atoms with Gasteiger partial charge in [-0.2, -0.15) is 9.13 Å². The largest absolute Gasteiger partial charge is 0.270 e. The lowest BCUT2D eigenvalue weighted by molar-refractivity contribution is -0.610. The predicted octanol–water partition coefficient (Wildman–Crippen LogP) is 7.62. The first kappa shape index (κ1) is 21.2. The van der Waals surface area contributed by atoms with Crippen molar-refractivity contribution in [3.8, 4) is 11.4 Å². The van der Waals surface area contributed by atoms with Crippen LogP contribution in [0.1, 0.15) is 105 Å². The van der Waals surface area contributed by atoms with Gasteiger partial charge in [0.25, 0.3) is 5.82 Å². The van der Waals surface area contributed by atoms with Crippen molar-refractivity contribution in [1.29, 1.82) is 0 Å². The van der Waals surface area contributed by atoms with Gasteiger partial charge in [-0.15, -0.1) is 0 Å². The van der Waals surface area contributed by atoms with Crippen molar-refractivity contribution in [3.05, 3.63) is 76.9 Å². The van der Waals surface area contributed by atoms with E-state index in [2.05, 4.69) is 78.4 Å². The molecule has 2 fully saturated rings. The summed E-state index contributed by atoms with van der Waals surface area (Å²) in [7, 11) is 0. The molecule has 0 spiro atoms. The lowest BCUT2D eigenvalue weighted by Crippen LogP contribution is -2.41. The van der Waals surface area contributed by atoms with Gasteiger partial charge in [-0.25, -0.2) is 0 Å². The van der Waals surface area contributed by atoms with Gasteiger partial charge in [-0.1, -0.05) is 74.9 Å². The number of aryl methyl sites for hydroxylation is 1. The van der Waals surface area contributed by atoms with Gasteiger partial charge in [0.05, 0.1) is 11.3 Å². The Morgan fingerprint density at radius 1 is 0.788 bits per heavy atom. The standard InChI is InChI=1S/C31H39N2/c1-22-14-10-12-20-27(22)32-23(2)29-31(3,25-17-8-5-9-18-25)26-19-11-13-21-28(26)33(29)30(32)24-15-6-4-7-16-24/h10-14,19-21,24-25H,4-9,15-18H2,1-3H3/q+1. The number of hydrogen-bond acceptors (Lipinski definition) is 0. The molecule has 2 nitrogen and oxygen atoms in total. The fourth-order valence-electron chi connectivity index (χ4n) is 7.68. The molecule has 0 bridgehead atoms. The Kier molecular flexibility index (Phi) is 5.24. The first-order valence-electron chi connectivity index (χ1n) is 13.5. The van der Waals surface area contributed by atoms with E-state index in [1.165, 1.54) is 86.8 Å². The second kappa shape index (κ2) is 8.15. The maximum Gasteiger partial charge on any atom is 0.270 e. The van der Waals surface area contributed by atoms with Crippen molar-refractivity contribution in [2.45, 2.75) is 96.3 Å². The van der Waals surface area contributed by atoms with Crippen LogP contribution in [0.2, 0.25) is 0 Å². The zero-order chi connectivity index (χ0) is 22.6. The number of nitrogens with zero attached hydrogens (tertiary/aromatic N) is 2. The van der Waals surface area contributed by atoms with Crippen LogP contribution in [-0.4, -0.2) is 4.57 Å². The first-order valence-corrected chi connectivity index (χ1v) is 13.5. The van der Waals surface area contributed by atoms with E-state index >= 15 is 0 Å². The van der Waals surface area contributed by atoms with Crippen LogP contribution in [0.25, 0.3) is 11.4 Å². The van der Waals surface area contributed by atoms with E-state index in [4.69, 9.17) is 0 Å². The number of para-hydroxylation sites is 2. The van der Waals surface area contributed by atoms with Crippen molar-refractivity contribution in [3.63, 3.8) is 0 Å². The monoisotopic (exact) mass is 439 g/mol. The van der Waals surface area contributed by atoms with E-state index in [1.807, 2.05) is 0 Å². The van der Waals surface area contributed by atoms with Crippen LogP contribution in [0.4, 0.5) is 0 Å². The van der Waals surface area contributed by atoms with Crippen LogP contribution in [0, 0.1) is 19.8 Å². The van der Waals surface area contributed by atoms with Crippen molar-refractivity contribution in [2.75, 3.05) is 0 Å². The van der Waals surface area contributed by atoms with Crippen molar-refractivity contribution >= 4 is 0 Å². The maximum absolute atomic E-state index is 2.75. The Hall–Kier alpha value is -2.35. The highest BCUT2D eigenvalue weighted by Crippen LogP contribution is 2.51. The third-order valence-electron chi connectivity index (χ3n) is 9.30. The summed E-state index contributed by atoms with van der Waals surface area (Å²) in [4.78, 5) is 0. The number of benzene rings is 2. The van der Waals surface area contributed by atoms with Crippen LogP contribution in [-0.2, 0) is 5.41 Å². The molecule has 6 rings (SSSR count). The normalized spacial score (nSPS) is 23.5. The number of hydrogen-bond donors (Lipinski definition) is 0. The minimum absolute atomic E-state index is 0.0957. The molecule has 2 aliphatic carbocycles. The summed E-state index contributed by atoms with van der Waals surface area (Å²) in [6.45, 7) is 7.28. The molecule has 172 valence electrons. The number of fused-ring (bicyclic) bond motifs is 3. The third kappa shape index (κ3) is 3.09. The fraction of sp³-hybridized carbons (Fsp3) is 0.516. The van der Waals surface area contributed by atoms with E-state index < -0.39 is 0 Å². The molecule has 1 aliphatic heterocycles. The van der Waals surface area contributed by atoms with Gasteiger partial charge in [0, 0.05) is 12.5 Å². The molecule has 33 heavy (non-hydrogen) atoms. The van der Waals surface area contributed by atoms with E-state index in [0.717, 1.165) is 5.92 Å². The minimum Gasteiger partial charge on any atom is -0.196 e. The Morgan fingerprint density at radius 3 is 2.15 bits per heavy atom. The maximum atomic E-state index is 2.75. The Morgan fingerprint density at radius 2 is 1.42 bits per heavy atom. The summed E-state index contributed by atoms with van der Waals surface area (Å²) in [5.74, 6) is 2.91. The molecule has 1 atom stereocenters. The molecule has 2 heterocycles. The summed E-state index contributed by atoms with van der Waals surface area (Å²) < 4.78 is 5.43. The summed E-state index contributed by atoms with van der Waals surface area (Å²) in [5.41, 5.74) is 8.92. The SMILES string of the molecule is Cc1ccccc1-n1c(C)c2[n+](c1C1CCCCC1)-c1ccccc1C2(C)C1CCCCC1. The lowest BCUT2D eigenvalue weighted by Gasteiger charge is -2.36. The molecule has 2 saturated carbocycles. The molecule has 3 aromatic rings. The van der Waals surface area contributed by atoms with Crippen LogP contribution in [0.5, 0.6) is 0 Å². The molecule has 0 amide bonds. The van der Waals surface area contributed by atoms with Crippen molar-refractivity contribution < 1.29 is 4.57 Å². The molecule has 0 saturated heterocycles. The molecule has 2 aromatic carbocycles. The van der Waals surface area contributed by atoms with Crippen LogP contribution in [0.3, 0.4) is 0 Å². The Balaban J connectivity index is 1.67. The molecule has 0 radical (unpaired) electrons. The zero-order valence-corrected chi connectivity index (χ0v) is 20.7. The quantitative estimate of drug-likeness (QED) is 0.371. The second-order valence-electron chi connectivity index (χ2n) is 11.1. The summed E-state index contributed by atoms with van der Waals surface area (Å²) in [5, 5.41) is 0. The highest BCUT2D eigenvalue weighted by molar-refractivity contribution is 5.53. The molecule has 2 heteroatoms. The van der Waals surface area contributed by atoms with Gasteiger partial charge in [0.15, 0.2) is 5.69 Å². The van der Waals surface area contributed by atoms with E-state index in [1.54, 1.807) is 17.1 Å². The topological polar surface area (TPSA) is 8.81 Å². The zero-order valence-electron chi connectivity index (χ0n) is 20.7. The highest BCUT2D eigenvalue weighted by Gasteiger charge is 2.54. The summed E-state index contributed by atoms with van der Waals surface area (Å²) in [6.07, 6.45) is 13.6. The summed E-state index contributed by atoms with van der Waals surface area (Å²) in [6, 6.07) is 18.4. The van der Waals surface area contributed by atoms with Gasteiger partial charge < -0.3 is 0 Å². The Labute approximate surface area is 199 Å². The van der Waals surface area contributed by atoms with Gasteiger partial charge in [0.1, 0.15) is 17.1 Å². The second-order valence-corrected chi connectivity index (χ2v) is 11.1. The van der Waals surface area contributed by atoms with Gasteiger partial charge in [0.2, 0.25) is 0 Å². The average molecular weight is 440 g/mol. The molecular weight excluding hydrogens is 400 g/mol. The van der Waals surface area contributed by atoms with Crippen molar-refractivity contribution in [1.82, 2.24) is 4.57 Å². The van der Waals surface area contributed by atoms with Crippen LogP contribution in [0.15, 0.2) is 48.5 Å². The molecule has 1 aromatic heterocycles. The van der Waals surface area contributed by atoms with E-state index in [0.29, 0.717) is 5.92 Å². The minimum atomic E-state index is 0.0957. The van der Waals surface area contributed by atoms with E-state index in [-0.39, 0.29) is 5.41 Å². The number of imidazole rings is 1. The fourth-order valence-corrected chi connectivity index (χ4v) is 7.68. The average Bonchev–Trinajstić information content (AvgIpc) is 3.32. The highest BCUT2D eigenvalue weighted by atomic mass is 15.2. The predicted molar refractivity (Wildman–Crippen MR) is 136 cm³/mol. The number of rotatable bonds is 3. The molecule has 0 N–H and O–H groups in total. The molecular formula is C31H39N2+. The van der Waals surface area contributed by atoms with Gasteiger partial charge in [-0.05, 0) is 63.1 Å².